The molecule has 0 aliphatic carbocycles. The van der Waals surface area contributed by atoms with Gasteiger partial charge in [-0.25, -0.2) is 8.42 Å². The third kappa shape index (κ3) is 5.09. The van der Waals surface area contributed by atoms with Crippen LogP contribution in [0.2, 0.25) is 0 Å². The van der Waals surface area contributed by atoms with Crippen molar-refractivity contribution in [2.45, 2.75) is 38.2 Å². The first-order valence-electron chi connectivity index (χ1n) is 7.78. The normalized spacial score (nSPS) is 11.3. The largest absolute Gasteiger partial charge is 0.491 e. The van der Waals surface area contributed by atoms with Crippen LogP contribution in [0.15, 0.2) is 41.3 Å². The number of hydrogen-bond donors (Lipinski definition) is 2. The molecule has 0 saturated heterocycles. The van der Waals surface area contributed by atoms with E-state index in [0.29, 0.717) is 11.6 Å². The Balaban J connectivity index is 2.07. The SMILES string of the molecule is CCCNc1ccc(NS(=O)(=O)c2ccc(OC(C)C)cc2)nn1. The number of anilines is 2. The van der Waals surface area contributed by atoms with E-state index in [1.165, 1.54) is 12.1 Å². The zero-order valence-corrected chi connectivity index (χ0v) is 14.8. The summed E-state index contributed by atoms with van der Waals surface area (Å²) in [4.78, 5) is 0.133. The van der Waals surface area contributed by atoms with Gasteiger partial charge >= 0.3 is 0 Å². The molecule has 1 aromatic heterocycles. The highest BCUT2D eigenvalue weighted by molar-refractivity contribution is 7.92. The lowest BCUT2D eigenvalue weighted by molar-refractivity contribution is 0.242. The maximum atomic E-state index is 12.4. The Bertz CT molecular complexity index is 744. The van der Waals surface area contributed by atoms with E-state index in [4.69, 9.17) is 4.74 Å². The van der Waals surface area contributed by atoms with Crippen molar-refractivity contribution in [3.8, 4) is 5.75 Å². The smallest absolute Gasteiger partial charge is 0.263 e. The molecule has 0 saturated carbocycles. The van der Waals surface area contributed by atoms with Crippen LogP contribution in [0, 0.1) is 0 Å². The number of ether oxygens (including phenoxy) is 1. The Morgan fingerprint density at radius 2 is 1.67 bits per heavy atom. The highest BCUT2D eigenvalue weighted by Crippen LogP contribution is 2.19. The van der Waals surface area contributed by atoms with Crippen molar-refractivity contribution in [3.63, 3.8) is 0 Å². The minimum atomic E-state index is -3.72. The maximum Gasteiger partial charge on any atom is 0.263 e. The molecule has 8 heteroatoms. The quantitative estimate of drug-likeness (QED) is 0.760. The number of sulfonamides is 1. The van der Waals surface area contributed by atoms with Crippen LogP contribution < -0.4 is 14.8 Å². The third-order valence-electron chi connectivity index (χ3n) is 2.97. The summed E-state index contributed by atoms with van der Waals surface area (Å²) in [5, 5.41) is 10.9. The summed E-state index contributed by atoms with van der Waals surface area (Å²) in [7, 11) is -3.72. The van der Waals surface area contributed by atoms with Crippen molar-refractivity contribution in [2.75, 3.05) is 16.6 Å². The van der Waals surface area contributed by atoms with Crippen LogP contribution in [-0.4, -0.2) is 31.3 Å². The van der Waals surface area contributed by atoms with E-state index in [0.717, 1.165) is 13.0 Å². The predicted molar refractivity (Wildman–Crippen MR) is 93.8 cm³/mol. The molecule has 0 radical (unpaired) electrons. The van der Waals surface area contributed by atoms with Crippen molar-refractivity contribution in [2.24, 2.45) is 0 Å². The molecule has 1 heterocycles. The summed E-state index contributed by atoms with van der Waals surface area (Å²) in [6.07, 6.45) is 0.993. The summed E-state index contributed by atoms with van der Waals surface area (Å²) in [6, 6.07) is 9.48. The molecule has 0 fully saturated rings. The molecule has 130 valence electrons. The molecule has 0 unspecified atom stereocenters. The zero-order chi connectivity index (χ0) is 17.6. The molecule has 2 aromatic rings. The fourth-order valence-electron chi connectivity index (χ4n) is 1.90. The van der Waals surface area contributed by atoms with Gasteiger partial charge in [-0.1, -0.05) is 6.92 Å². The first kappa shape index (κ1) is 18.0. The minimum Gasteiger partial charge on any atom is -0.491 e. The fraction of sp³-hybridized carbons (Fsp3) is 0.375. The Morgan fingerprint density at radius 3 is 2.21 bits per heavy atom. The van der Waals surface area contributed by atoms with Gasteiger partial charge in [0.05, 0.1) is 11.0 Å². The standard InChI is InChI=1S/C16H22N4O3S/c1-4-11-17-15-9-10-16(19-18-15)20-24(21,22)14-7-5-13(6-8-14)23-12(2)3/h5-10,12H,4,11H2,1-3H3,(H,17,18)(H,19,20). The maximum absolute atomic E-state index is 12.4. The van der Waals surface area contributed by atoms with E-state index in [1.807, 2.05) is 20.8 Å². The van der Waals surface area contributed by atoms with Gasteiger partial charge in [-0.3, -0.25) is 4.72 Å². The summed E-state index contributed by atoms with van der Waals surface area (Å²) >= 11 is 0. The summed E-state index contributed by atoms with van der Waals surface area (Å²) in [5.41, 5.74) is 0. The Morgan fingerprint density at radius 1 is 1.04 bits per heavy atom. The molecule has 0 bridgehead atoms. The number of nitrogens with zero attached hydrogens (tertiary/aromatic N) is 2. The van der Waals surface area contributed by atoms with E-state index in [1.54, 1.807) is 24.3 Å². The predicted octanol–water partition coefficient (Wildman–Crippen LogP) is 2.89. The summed E-state index contributed by atoms with van der Waals surface area (Å²) in [5.74, 6) is 1.39. The van der Waals surface area contributed by atoms with Crippen molar-refractivity contribution in [1.29, 1.82) is 0 Å². The van der Waals surface area contributed by atoms with Crippen molar-refractivity contribution in [1.82, 2.24) is 10.2 Å². The van der Waals surface area contributed by atoms with Crippen LogP contribution >= 0.6 is 0 Å². The second-order valence-corrected chi connectivity index (χ2v) is 7.16. The van der Waals surface area contributed by atoms with Gasteiger partial charge in [0.15, 0.2) is 5.82 Å². The molecule has 2 N–H and O–H groups in total. The van der Waals surface area contributed by atoms with Crippen LogP contribution in [-0.2, 0) is 10.0 Å². The topological polar surface area (TPSA) is 93.2 Å². The lowest BCUT2D eigenvalue weighted by Gasteiger charge is -2.11. The molecular formula is C16H22N4O3S. The molecule has 7 nitrogen and oxygen atoms in total. The Labute approximate surface area is 142 Å². The fourth-order valence-corrected chi connectivity index (χ4v) is 2.90. The number of hydrogen-bond acceptors (Lipinski definition) is 6. The summed E-state index contributed by atoms with van der Waals surface area (Å²) < 4.78 is 32.6. The van der Waals surface area contributed by atoms with Gasteiger partial charge in [0.25, 0.3) is 10.0 Å². The highest BCUT2D eigenvalue weighted by atomic mass is 32.2. The van der Waals surface area contributed by atoms with Crippen LogP contribution in [0.5, 0.6) is 5.75 Å². The molecule has 2 rings (SSSR count). The number of aromatic nitrogens is 2. The first-order chi connectivity index (χ1) is 11.4. The number of benzene rings is 1. The van der Waals surface area contributed by atoms with Crippen LogP contribution in [0.3, 0.4) is 0 Å². The summed E-state index contributed by atoms with van der Waals surface area (Å²) in [6.45, 7) is 6.64. The van der Waals surface area contributed by atoms with Gasteiger partial charge in [-0.05, 0) is 56.7 Å². The molecule has 1 aromatic carbocycles. The second-order valence-electron chi connectivity index (χ2n) is 5.47. The molecule has 0 spiro atoms. The van der Waals surface area contributed by atoms with Gasteiger partial charge in [0, 0.05) is 6.54 Å². The minimum absolute atomic E-state index is 0.0284. The van der Waals surface area contributed by atoms with E-state index in [-0.39, 0.29) is 16.8 Å². The van der Waals surface area contributed by atoms with Gasteiger partial charge in [0.2, 0.25) is 0 Å². The Hall–Kier alpha value is -2.35. The van der Waals surface area contributed by atoms with Crippen LogP contribution in [0.1, 0.15) is 27.2 Å². The van der Waals surface area contributed by atoms with Gasteiger partial charge in [-0.15, -0.1) is 10.2 Å². The van der Waals surface area contributed by atoms with Crippen molar-refractivity contribution in [3.05, 3.63) is 36.4 Å². The lowest BCUT2D eigenvalue weighted by atomic mass is 10.3. The van der Waals surface area contributed by atoms with Gasteiger partial charge in [0.1, 0.15) is 11.6 Å². The monoisotopic (exact) mass is 350 g/mol. The molecule has 0 atom stereocenters. The zero-order valence-electron chi connectivity index (χ0n) is 14.0. The molecule has 0 amide bonds. The highest BCUT2D eigenvalue weighted by Gasteiger charge is 2.15. The average molecular weight is 350 g/mol. The van der Waals surface area contributed by atoms with E-state index in [2.05, 4.69) is 20.2 Å². The van der Waals surface area contributed by atoms with Crippen molar-refractivity contribution >= 4 is 21.7 Å². The molecule has 24 heavy (non-hydrogen) atoms. The molecule has 0 aliphatic rings. The van der Waals surface area contributed by atoms with Crippen molar-refractivity contribution < 1.29 is 13.2 Å². The number of nitrogens with one attached hydrogen (secondary N) is 2. The van der Waals surface area contributed by atoms with E-state index in [9.17, 15) is 8.42 Å². The lowest BCUT2D eigenvalue weighted by Crippen LogP contribution is -2.15. The average Bonchev–Trinajstić information content (AvgIpc) is 2.54. The molecular weight excluding hydrogens is 328 g/mol. The second kappa shape index (κ2) is 7.96. The van der Waals surface area contributed by atoms with E-state index < -0.39 is 10.0 Å². The Kier molecular flexibility index (Phi) is 5.97. The van der Waals surface area contributed by atoms with Gasteiger partial charge in [-0.2, -0.15) is 0 Å². The van der Waals surface area contributed by atoms with E-state index >= 15 is 0 Å². The van der Waals surface area contributed by atoms with Gasteiger partial charge < -0.3 is 10.1 Å². The third-order valence-corrected chi connectivity index (χ3v) is 4.34. The molecule has 0 aliphatic heterocycles. The van der Waals surface area contributed by atoms with Crippen LogP contribution in [0.25, 0.3) is 0 Å². The van der Waals surface area contributed by atoms with Crippen LogP contribution in [0.4, 0.5) is 11.6 Å². The number of rotatable bonds is 8. The first-order valence-corrected chi connectivity index (χ1v) is 9.26.